The molecular formula is C21H40. The molecule has 3 unspecified atom stereocenters. The van der Waals surface area contributed by atoms with Crippen molar-refractivity contribution in [1.29, 1.82) is 0 Å². The fraction of sp³-hybridized carbons (Fsp3) is 1.00. The predicted octanol–water partition coefficient (Wildman–Crippen LogP) is 6.79. The quantitative estimate of drug-likeness (QED) is 0.535. The van der Waals surface area contributed by atoms with Crippen LogP contribution in [0.5, 0.6) is 0 Å². The summed E-state index contributed by atoms with van der Waals surface area (Å²) in [6.45, 7) is 14.7. The molecule has 0 aromatic carbocycles. The van der Waals surface area contributed by atoms with Crippen LogP contribution in [0.1, 0.15) is 86.5 Å². The smallest absolute Gasteiger partial charge is 0.0352 e. The summed E-state index contributed by atoms with van der Waals surface area (Å²) in [5.74, 6) is 7.82. The molecule has 21 heavy (non-hydrogen) atoms. The summed E-state index contributed by atoms with van der Waals surface area (Å²) in [7, 11) is 0. The van der Waals surface area contributed by atoms with Crippen molar-refractivity contribution < 1.29 is 0 Å². The molecule has 0 heteroatoms. The van der Waals surface area contributed by atoms with Crippen molar-refractivity contribution in [3.05, 3.63) is 0 Å². The average molecular weight is 293 g/mol. The van der Waals surface area contributed by atoms with E-state index in [0.29, 0.717) is 0 Å². The molecule has 0 aromatic rings. The van der Waals surface area contributed by atoms with Crippen LogP contribution in [-0.2, 0) is 0 Å². The summed E-state index contributed by atoms with van der Waals surface area (Å²) in [4.78, 5) is 0. The number of rotatable bonds is 4. The fourth-order valence-electron chi connectivity index (χ4n) is 5.48. The largest absolute Gasteiger partial charge is 0.0625 e. The lowest BCUT2D eigenvalue weighted by Gasteiger charge is -2.46. The van der Waals surface area contributed by atoms with Crippen LogP contribution >= 0.6 is 0 Å². The number of hydrogen-bond donors (Lipinski definition) is 0. The maximum absolute atomic E-state index is 2.48. The zero-order chi connectivity index (χ0) is 15.6. The first-order valence-corrected chi connectivity index (χ1v) is 9.90. The molecule has 124 valence electrons. The molecule has 2 aliphatic rings. The van der Waals surface area contributed by atoms with Crippen molar-refractivity contribution >= 4 is 0 Å². The van der Waals surface area contributed by atoms with Gasteiger partial charge in [-0.1, -0.05) is 41.5 Å². The molecule has 0 aliphatic heterocycles. The average Bonchev–Trinajstić information content (AvgIpc) is 2.46. The van der Waals surface area contributed by atoms with Crippen LogP contribution in [0, 0.1) is 47.3 Å². The molecule has 0 aromatic heterocycles. The molecule has 2 rings (SSSR count). The molecule has 0 radical (unpaired) electrons. The predicted molar refractivity (Wildman–Crippen MR) is 94.3 cm³/mol. The summed E-state index contributed by atoms with van der Waals surface area (Å²) < 4.78 is 0. The second kappa shape index (κ2) is 7.51. The Morgan fingerprint density at radius 2 is 1.10 bits per heavy atom. The topological polar surface area (TPSA) is 0 Å². The Morgan fingerprint density at radius 1 is 0.571 bits per heavy atom. The minimum atomic E-state index is 0.894. The third-order valence-electron chi connectivity index (χ3n) is 7.16. The second-order valence-electron chi connectivity index (χ2n) is 9.31. The molecule has 0 amide bonds. The molecule has 0 saturated heterocycles. The van der Waals surface area contributed by atoms with Gasteiger partial charge in [-0.15, -0.1) is 0 Å². The fourth-order valence-corrected chi connectivity index (χ4v) is 5.48. The molecule has 0 N–H and O–H groups in total. The van der Waals surface area contributed by atoms with Gasteiger partial charge in [0.15, 0.2) is 0 Å². The summed E-state index contributed by atoms with van der Waals surface area (Å²) in [6.07, 6.45) is 10.6. The van der Waals surface area contributed by atoms with Gasteiger partial charge >= 0.3 is 0 Å². The molecule has 2 aliphatic carbocycles. The highest BCUT2D eigenvalue weighted by Gasteiger charge is 2.39. The molecule has 0 spiro atoms. The molecule has 0 heterocycles. The summed E-state index contributed by atoms with van der Waals surface area (Å²) >= 11 is 0. The molecular weight excluding hydrogens is 252 g/mol. The van der Waals surface area contributed by atoms with Gasteiger partial charge in [0.2, 0.25) is 0 Å². The maximum Gasteiger partial charge on any atom is -0.0352 e. The highest BCUT2D eigenvalue weighted by atomic mass is 14.4. The van der Waals surface area contributed by atoms with Gasteiger partial charge in [0.25, 0.3) is 0 Å². The highest BCUT2D eigenvalue weighted by Crippen LogP contribution is 2.48. The molecule has 3 atom stereocenters. The second-order valence-corrected chi connectivity index (χ2v) is 9.31. The van der Waals surface area contributed by atoms with E-state index in [2.05, 4.69) is 41.5 Å². The van der Waals surface area contributed by atoms with Gasteiger partial charge < -0.3 is 0 Å². The zero-order valence-corrected chi connectivity index (χ0v) is 15.6. The first-order chi connectivity index (χ1) is 9.90. The SMILES string of the molecule is CC(C)C1CCC(C2CC(C(C)C)CCC2C(C)C)CC1. The van der Waals surface area contributed by atoms with Crippen molar-refractivity contribution in [3.8, 4) is 0 Å². The van der Waals surface area contributed by atoms with Crippen LogP contribution in [0.25, 0.3) is 0 Å². The Kier molecular flexibility index (Phi) is 6.21. The van der Waals surface area contributed by atoms with E-state index in [1.165, 1.54) is 44.9 Å². The van der Waals surface area contributed by atoms with Gasteiger partial charge in [0.1, 0.15) is 0 Å². The molecule has 0 nitrogen and oxygen atoms in total. The van der Waals surface area contributed by atoms with Crippen molar-refractivity contribution in [3.63, 3.8) is 0 Å². The Labute approximate surface area is 134 Å². The monoisotopic (exact) mass is 292 g/mol. The van der Waals surface area contributed by atoms with Crippen LogP contribution in [0.2, 0.25) is 0 Å². The Balaban J connectivity index is 1.99. The van der Waals surface area contributed by atoms with Crippen LogP contribution < -0.4 is 0 Å². The van der Waals surface area contributed by atoms with E-state index >= 15 is 0 Å². The third-order valence-corrected chi connectivity index (χ3v) is 7.16. The zero-order valence-electron chi connectivity index (χ0n) is 15.6. The van der Waals surface area contributed by atoms with Crippen molar-refractivity contribution in [2.24, 2.45) is 47.3 Å². The van der Waals surface area contributed by atoms with Crippen LogP contribution in [-0.4, -0.2) is 0 Å². The molecule has 0 bridgehead atoms. The standard InChI is InChI=1S/C21H40/c1-14(2)17-7-9-18(10-8-17)21-13-19(15(3)4)11-12-20(21)16(5)6/h14-21H,7-13H2,1-6H3. The lowest BCUT2D eigenvalue weighted by Crippen LogP contribution is -2.36. The third kappa shape index (κ3) is 4.26. The van der Waals surface area contributed by atoms with E-state index in [-0.39, 0.29) is 0 Å². The van der Waals surface area contributed by atoms with E-state index in [1.54, 1.807) is 0 Å². The summed E-state index contributed by atoms with van der Waals surface area (Å²) in [5.41, 5.74) is 0. The van der Waals surface area contributed by atoms with Gasteiger partial charge in [-0.3, -0.25) is 0 Å². The summed E-state index contributed by atoms with van der Waals surface area (Å²) in [6, 6.07) is 0. The van der Waals surface area contributed by atoms with Gasteiger partial charge in [-0.2, -0.15) is 0 Å². The lowest BCUT2D eigenvalue weighted by atomic mass is 9.60. The van der Waals surface area contributed by atoms with Gasteiger partial charge in [0.05, 0.1) is 0 Å². The minimum Gasteiger partial charge on any atom is -0.0625 e. The lowest BCUT2D eigenvalue weighted by molar-refractivity contribution is 0.0430. The van der Waals surface area contributed by atoms with Crippen LogP contribution in [0.3, 0.4) is 0 Å². The van der Waals surface area contributed by atoms with E-state index in [4.69, 9.17) is 0 Å². The Hall–Kier alpha value is 0. The Morgan fingerprint density at radius 3 is 1.57 bits per heavy atom. The minimum absolute atomic E-state index is 0.894. The van der Waals surface area contributed by atoms with E-state index in [9.17, 15) is 0 Å². The molecule has 2 fully saturated rings. The van der Waals surface area contributed by atoms with E-state index in [1.807, 2.05) is 0 Å². The first-order valence-electron chi connectivity index (χ1n) is 9.90. The van der Waals surface area contributed by atoms with Gasteiger partial charge in [-0.25, -0.2) is 0 Å². The van der Waals surface area contributed by atoms with Crippen LogP contribution in [0.15, 0.2) is 0 Å². The normalized spacial score (nSPS) is 38.4. The number of hydrogen-bond acceptors (Lipinski definition) is 0. The van der Waals surface area contributed by atoms with Crippen LogP contribution in [0.4, 0.5) is 0 Å². The van der Waals surface area contributed by atoms with Crippen molar-refractivity contribution in [2.45, 2.75) is 86.5 Å². The van der Waals surface area contributed by atoms with Gasteiger partial charge in [0, 0.05) is 0 Å². The Bertz CT molecular complexity index is 293. The van der Waals surface area contributed by atoms with Gasteiger partial charge in [-0.05, 0) is 92.3 Å². The van der Waals surface area contributed by atoms with E-state index in [0.717, 1.165) is 47.3 Å². The van der Waals surface area contributed by atoms with Crippen molar-refractivity contribution in [2.75, 3.05) is 0 Å². The summed E-state index contributed by atoms with van der Waals surface area (Å²) in [5, 5.41) is 0. The first kappa shape index (κ1) is 17.4. The highest BCUT2D eigenvalue weighted by molar-refractivity contribution is 4.89. The van der Waals surface area contributed by atoms with Crippen molar-refractivity contribution in [1.82, 2.24) is 0 Å². The van der Waals surface area contributed by atoms with E-state index < -0.39 is 0 Å². The maximum atomic E-state index is 2.48. The molecule has 2 saturated carbocycles.